The molecule has 1 aromatic heterocycles. The van der Waals surface area contributed by atoms with Gasteiger partial charge in [0.05, 0.1) is 0 Å². The summed E-state index contributed by atoms with van der Waals surface area (Å²) in [6.45, 7) is 6.13. The van der Waals surface area contributed by atoms with Crippen LogP contribution in [0.1, 0.15) is 55.3 Å². The van der Waals surface area contributed by atoms with Crippen molar-refractivity contribution in [1.29, 1.82) is 0 Å². The van der Waals surface area contributed by atoms with E-state index in [2.05, 4.69) is 10.3 Å². The number of rotatable bonds is 6. The fourth-order valence-electron chi connectivity index (χ4n) is 2.84. The Balaban J connectivity index is 1.54. The number of nitrogens with zero attached hydrogens (tertiary/aromatic N) is 2. The zero-order chi connectivity index (χ0) is 17.1. The van der Waals surface area contributed by atoms with Crippen LogP contribution in [0.2, 0.25) is 0 Å². The quantitative estimate of drug-likeness (QED) is 0.827. The molecule has 2 heterocycles. The molecule has 1 aliphatic heterocycles. The number of carbonyl (C=O) groups excluding carboxylic acids is 2. The minimum Gasteiger partial charge on any atom is -0.440 e. The number of nitrogens with one attached hydrogen (secondary N) is 1. The first kappa shape index (κ1) is 16.5. The van der Waals surface area contributed by atoms with Gasteiger partial charge in [-0.15, -0.1) is 0 Å². The van der Waals surface area contributed by atoms with Gasteiger partial charge in [0.15, 0.2) is 11.5 Å². The highest BCUT2D eigenvalue weighted by molar-refractivity contribution is 5.97. The van der Waals surface area contributed by atoms with E-state index in [0.29, 0.717) is 36.5 Å². The van der Waals surface area contributed by atoms with Crippen molar-refractivity contribution in [3.05, 3.63) is 29.7 Å². The molecule has 6 nitrogen and oxygen atoms in total. The van der Waals surface area contributed by atoms with Crippen molar-refractivity contribution in [2.45, 2.75) is 39.0 Å². The third-order valence-corrected chi connectivity index (χ3v) is 4.22. The molecule has 6 heteroatoms. The van der Waals surface area contributed by atoms with Crippen LogP contribution in [0.3, 0.4) is 0 Å². The molecule has 0 saturated carbocycles. The molecular weight excluding hydrogens is 306 g/mol. The van der Waals surface area contributed by atoms with E-state index in [0.717, 1.165) is 24.9 Å². The molecule has 0 radical (unpaired) electrons. The first-order valence-electron chi connectivity index (χ1n) is 8.51. The molecule has 2 amide bonds. The Morgan fingerprint density at radius 1 is 1.42 bits per heavy atom. The zero-order valence-corrected chi connectivity index (χ0v) is 14.2. The third kappa shape index (κ3) is 3.58. The number of amides is 2. The lowest BCUT2D eigenvalue weighted by atomic mass is 10.2. The number of carbonyl (C=O) groups is 2. The van der Waals surface area contributed by atoms with Crippen LogP contribution in [0.4, 0.5) is 0 Å². The molecule has 2 aromatic rings. The molecule has 1 N–H and O–H groups in total. The van der Waals surface area contributed by atoms with Crippen molar-refractivity contribution in [1.82, 2.24) is 15.2 Å². The second-order valence-electron chi connectivity index (χ2n) is 6.48. The summed E-state index contributed by atoms with van der Waals surface area (Å²) in [5.41, 5.74) is 1.96. The van der Waals surface area contributed by atoms with Crippen LogP contribution in [0.25, 0.3) is 11.1 Å². The number of hydrogen-bond donors (Lipinski definition) is 1. The molecule has 0 aliphatic carbocycles. The van der Waals surface area contributed by atoms with Gasteiger partial charge in [-0.2, -0.15) is 0 Å². The fourth-order valence-corrected chi connectivity index (χ4v) is 2.84. The smallest absolute Gasteiger partial charge is 0.251 e. The molecule has 1 aliphatic rings. The average Bonchev–Trinajstić information content (AvgIpc) is 3.16. The van der Waals surface area contributed by atoms with Crippen molar-refractivity contribution < 1.29 is 14.0 Å². The van der Waals surface area contributed by atoms with Gasteiger partial charge in [0, 0.05) is 37.5 Å². The molecule has 0 spiro atoms. The molecule has 0 atom stereocenters. The minimum atomic E-state index is -0.132. The van der Waals surface area contributed by atoms with Crippen molar-refractivity contribution in [2.24, 2.45) is 0 Å². The molecular formula is C18H23N3O3. The van der Waals surface area contributed by atoms with E-state index < -0.39 is 0 Å². The lowest BCUT2D eigenvalue weighted by Gasteiger charge is -2.15. The Labute approximate surface area is 141 Å². The van der Waals surface area contributed by atoms with Gasteiger partial charge >= 0.3 is 0 Å². The van der Waals surface area contributed by atoms with Crippen LogP contribution >= 0.6 is 0 Å². The predicted octanol–water partition coefficient (Wildman–Crippen LogP) is 2.69. The molecule has 1 fully saturated rings. The minimum absolute atomic E-state index is 0.132. The number of aromatic nitrogens is 1. The lowest BCUT2D eigenvalue weighted by Crippen LogP contribution is -2.30. The average molecular weight is 329 g/mol. The van der Waals surface area contributed by atoms with Gasteiger partial charge in [0.25, 0.3) is 5.91 Å². The Hall–Kier alpha value is -2.37. The molecule has 0 bridgehead atoms. The number of oxazole rings is 1. The number of benzene rings is 1. The lowest BCUT2D eigenvalue weighted by molar-refractivity contribution is -0.127. The summed E-state index contributed by atoms with van der Waals surface area (Å²) in [7, 11) is 0. The van der Waals surface area contributed by atoms with Crippen LogP contribution in [0, 0.1) is 0 Å². The summed E-state index contributed by atoms with van der Waals surface area (Å²) < 4.78 is 5.69. The van der Waals surface area contributed by atoms with Gasteiger partial charge in [-0.05, 0) is 31.0 Å². The molecule has 0 unspecified atom stereocenters. The van der Waals surface area contributed by atoms with Gasteiger partial charge in [-0.1, -0.05) is 13.8 Å². The number of likely N-dealkylation sites (tertiary alicyclic amines) is 1. The van der Waals surface area contributed by atoms with Crippen molar-refractivity contribution in [3.63, 3.8) is 0 Å². The van der Waals surface area contributed by atoms with E-state index >= 15 is 0 Å². The maximum Gasteiger partial charge on any atom is 0.251 e. The molecule has 1 saturated heterocycles. The maximum absolute atomic E-state index is 12.2. The summed E-state index contributed by atoms with van der Waals surface area (Å²) in [6.07, 6.45) is 2.36. The molecule has 128 valence electrons. The summed E-state index contributed by atoms with van der Waals surface area (Å²) in [5, 5.41) is 2.89. The highest BCUT2D eigenvalue weighted by Crippen LogP contribution is 2.22. The third-order valence-electron chi connectivity index (χ3n) is 4.22. The van der Waals surface area contributed by atoms with E-state index in [4.69, 9.17) is 4.42 Å². The van der Waals surface area contributed by atoms with Gasteiger partial charge in [0.2, 0.25) is 5.91 Å². The van der Waals surface area contributed by atoms with Crippen molar-refractivity contribution in [3.8, 4) is 0 Å². The van der Waals surface area contributed by atoms with Gasteiger partial charge < -0.3 is 14.6 Å². The first-order valence-corrected chi connectivity index (χ1v) is 8.51. The summed E-state index contributed by atoms with van der Waals surface area (Å²) in [5.74, 6) is 0.978. The molecule has 1 aromatic carbocycles. The van der Waals surface area contributed by atoms with Crippen LogP contribution in [0.15, 0.2) is 22.6 Å². The molecule has 3 rings (SSSR count). The van der Waals surface area contributed by atoms with Crippen molar-refractivity contribution in [2.75, 3.05) is 19.6 Å². The van der Waals surface area contributed by atoms with Crippen LogP contribution in [-0.4, -0.2) is 41.3 Å². The topological polar surface area (TPSA) is 75.4 Å². The maximum atomic E-state index is 12.2. The Morgan fingerprint density at radius 3 is 2.96 bits per heavy atom. The van der Waals surface area contributed by atoms with Crippen LogP contribution in [0.5, 0.6) is 0 Å². The largest absolute Gasteiger partial charge is 0.440 e. The van der Waals surface area contributed by atoms with Crippen molar-refractivity contribution >= 4 is 22.9 Å². The normalized spacial score (nSPS) is 14.8. The standard InChI is InChI=1S/C18H23N3O3/c1-12(2)18-20-14-7-6-13(11-15(14)24-18)17(23)19-8-4-10-21-9-3-5-16(21)22/h6-7,11-12H,3-5,8-10H2,1-2H3,(H,19,23). The first-order chi connectivity index (χ1) is 11.5. The second kappa shape index (κ2) is 7.03. The number of hydrogen-bond acceptors (Lipinski definition) is 4. The highest BCUT2D eigenvalue weighted by Gasteiger charge is 2.19. The Bertz CT molecular complexity index is 751. The Morgan fingerprint density at radius 2 is 2.25 bits per heavy atom. The summed E-state index contributed by atoms with van der Waals surface area (Å²) >= 11 is 0. The second-order valence-corrected chi connectivity index (χ2v) is 6.48. The number of fused-ring (bicyclic) bond motifs is 1. The SMILES string of the molecule is CC(C)c1nc2ccc(C(=O)NCCCN3CCCC3=O)cc2o1. The predicted molar refractivity (Wildman–Crippen MR) is 90.9 cm³/mol. The van der Waals surface area contributed by atoms with Crippen LogP contribution < -0.4 is 5.32 Å². The summed E-state index contributed by atoms with van der Waals surface area (Å²) in [4.78, 5) is 30.0. The van der Waals surface area contributed by atoms with Gasteiger partial charge in [-0.25, -0.2) is 4.98 Å². The monoisotopic (exact) mass is 329 g/mol. The highest BCUT2D eigenvalue weighted by atomic mass is 16.3. The van der Waals surface area contributed by atoms with E-state index in [9.17, 15) is 9.59 Å². The van der Waals surface area contributed by atoms with Gasteiger partial charge in [-0.3, -0.25) is 9.59 Å². The fraction of sp³-hybridized carbons (Fsp3) is 0.500. The van der Waals surface area contributed by atoms with Crippen LogP contribution in [-0.2, 0) is 4.79 Å². The van der Waals surface area contributed by atoms with E-state index in [1.807, 2.05) is 24.8 Å². The van der Waals surface area contributed by atoms with Gasteiger partial charge in [0.1, 0.15) is 5.52 Å². The zero-order valence-electron chi connectivity index (χ0n) is 14.2. The van der Waals surface area contributed by atoms with E-state index in [1.165, 1.54) is 0 Å². The summed E-state index contributed by atoms with van der Waals surface area (Å²) in [6, 6.07) is 5.30. The van der Waals surface area contributed by atoms with E-state index in [-0.39, 0.29) is 17.7 Å². The van der Waals surface area contributed by atoms with E-state index in [1.54, 1.807) is 12.1 Å². The Kier molecular flexibility index (Phi) is 4.83. The molecule has 24 heavy (non-hydrogen) atoms.